The lowest BCUT2D eigenvalue weighted by Crippen LogP contribution is -2.47. The van der Waals surface area contributed by atoms with E-state index in [-0.39, 0.29) is 5.91 Å². The molecule has 3 amide bonds. The molecule has 7 heteroatoms. The van der Waals surface area contributed by atoms with Crippen LogP contribution in [0.25, 0.3) is 0 Å². The molecule has 0 aliphatic carbocycles. The molecule has 1 atom stereocenters. The van der Waals surface area contributed by atoms with Gasteiger partial charge in [0.25, 0.3) is 0 Å². The van der Waals surface area contributed by atoms with Crippen molar-refractivity contribution in [2.75, 3.05) is 11.9 Å². The van der Waals surface area contributed by atoms with Gasteiger partial charge in [0, 0.05) is 12.6 Å². The molecule has 0 bridgehead atoms. The van der Waals surface area contributed by atoms with Gasteiger partial charge in [0.05, 0.1) is 0 Å². The lowest BCUT2D eigenvalue weighted by molar-refractivity contribution is -0.122. The number of aromatic nitrogens is 1. The van der Waals surface area contributed by atoms with Gasteiger partial charge in [-0.3, -0.25) is 10.1 Å². The first-order valence-electron chi connectivity index (χ1n) is 5.94. The van der Waals surface area contributed by atoms with Gasteiger partial charge in [-0.05, 0) is 26.2 Å². The van der Waals surface area contributed by atoms with Gasteiger partial charge in [-0.15, -0.1) is 0 Å². The fourth-order valence-electron chi connectivity index (χ4n) is 1.81. The summed E-state index contributed by atoms with van der Waals surface area (Å²) in [6.07, 6.45) is 2.50. The molecule has 0 spiro atoms. The van der Waals surface area contributed by atoms with Crippen molar-refractivity contribution in [3.8, 4) is 0 Å². The van der Waals surface area contributed by atoms with Gasteiger partial charge in [-0.25, -0.2) is 4.79 Å². The van der Waals surface area contributed by atoms with Crippen molar-refractivity contribution < 1.29 is 14.1 Å². The molecule has 0 unspecified atom stereocenters. The van der Waals surface area contributed by atoms with E-state index in [9.17, 15) is 9.59 Å². The number of carbonyl (C=O) groups is 2. The highest BCUT2D eigenvalue weighted by Crippen LogP contribution is 2.08. The molecular formula is C11H16N4O3. The largest absolute Gasteiger partial charge is 0.360 e. The molecule has 2 heterocycles. The molecule has 0 radical (unpaired) electrons. The smallest absolute Gasteiger partial charge is 0.321 e. The highest BCUT2D eigenvalue weighted by molar-refractivity contribution is 5.93. The SMILES string of the molecule is Cc1cc(NC(=O)N[C@@H]2CCCCNC2=O)no1. The van der Waals surface area contributed by atoms with E-state index in [1.165, 1.54) is 0 Å². The van der Waals surface area contributed by atoms with Crippen molar-refractivity contribution in [3.05, 3.63) is 11.8 Å². The van der Waals surface area contributed by atoms with E-state index in [1.807, 2.05) is 0 Å². The highest BCUT2D eigenvalue weighted by atomic mass is 16.5. The van der Waals surface area contributed by atoms with Crippen LogP contribution < -0.4 is 16.0 Å². The molecule has 1 saturated heterocycles. The van der Waals surface area contributed by atoms with Crippen LogP contribution in [0.1, 0.15) is 25.0 Å². The van der Waals surface area contributed by atoms with Crippen molar-refractivity contribution in [2.45, 2.75) is 32.2 Å². The van der Waals surface area contributed by atoms with Gasteiger partial charge in [0.1, 0.15) is 11.8 Å². The zero-order chi connectivity index (χ0) is 13.0. The Kier molecular flexibility index (Phi) is 3.81. The summed E-state index contributed by atoms with van der Waals surface area (Å²) in [6.45, 7) is 2.40. The van der Waals surface area contributed by atoms with Crippen LogP contribution in [0.3, 0.4) is 0 Å². The predicted octanol–water partition coefficient (Wildman–Crippen LogP) is 0.773. The summed E-state index contributed by atoms with van der Waals surface area (Å²) in [5.74, 6) is 0.801. The van der Waals surface area contributed by atoms with Gasteiger partial charge in [0.15, 0.2) is 5.82 Å². The zero-order valence-electron chi connectivity index (χ0n) is 10.2. The van der Waals surface area contributed by atoms with Crippen LogP contribution in [-0.2, 0) is 4.79 Å². The number of rotatable bonds is 2. The van der Waals surface area contributed by atoms with Crippen LogP contribution >= 0.6 is 0 Å². The number of nitrogens with one attached hydrogen (secondary N) is 3. The van der Waals surface area contributed by atoms with Gasteiger partial charge in [0.2, 0.25) is 5.91 Å². The second kappa shape index (κ2) is 5.52. The Bertz CT molecular complexity index is 443. The number of hydrogen-bond acceptors (Lipinski definition) is 4. The average molecular weight is 252 g/mol. The molecule has 18 heavy (non-hydrogen) atoms. The number of aryl methyl sites for hydroxylation is 1. The van der Waals surface area contributed by atoms with Crippen molar-refractivity contribution in [2.24, 2.45) is 0 Å². The van der Waals surface area contributed by atoms with Gasteiger partial charge in [-0.1, -0.05) is 5.16 Å². The first kappa shape index (κ1) is 12.4. The fraction of sp³-hybridized carbons (Fsp3) is 0.545. The molecule has 2 rings (SSSR count). The molecule has 1 aromatic rings. The van der Waals surface area contributed by atoms with Crippen molar-refractivity contribution in [1.82, 2.24) is 15.8 Å². The average Bonchev–Trinajstić information content (AvgIpc) is 2.61. The Morgan fingerprint density at radius 3 is 3.11 bits per heavy atom. The first-order chi connectivity index (χ1) is 8.65. The van der Waals surface area contributed by atoms with Crippen molar-refractivity contribution >= 4 is 17.8 Å². The van der Waals surface area contributed by atoms with Gasteiger partial charge >= 0.3 is 6.03 Å². The van der Waals surface area contributed by atoms with Gasteiger partial charge < -0.3 is 15.2 Å². The Balaban J connectivity index is 1.88. The Labute approximate surface area is 104 Å². The zero-order valence-corrected chi connectivity index (χ0v) is 10.2. The minimum atomic E-state index is -0.486. The number of nitrogens with zero attached hydrogens (tertiary/aromatic N) is 1. The van der Waals surface area contributed by atoms with E-state index in [0.717, 1.165) is 12.8 Å². The molecule has 0 saturated carbocycles. The molecule has 7 nitrogen and oxygen atoms in total. The fourth-order valence-corrected chi connectivity index (χ4v) is 1.81. The van der Waals surface area contributed by atoms with Crippen LogP contribution in [0.2, 0.25) is 0 Å². The Morgan fingerprint density at radius 1 is 1.56 bits per heavy atom. The summed E-state index contributed by atoms with van der Waals surface area (Å²) in [4.78, 5) is 23.3. The number of anilines is 1. The summed E-state index contributed by atoms with van der Waals surface area (Å²) in [5, 5.41) is 11.5. The van der Waals surface area contributed by atoms with E-state index in [0.29, 0.717) is 24.5 Å². The second-order valence-electron chi connectivity index (χ2n) is 4.26. The van der Waals surface area contributed by atoms with Crippen LogP contribution in [0.15, 0.2) is 10.6 Å². The van der Waals surface area contributed by atoms with E-state index in [2.05, 4.69) is 21.1 Å². The Morgan fingerprint density at radius 2 is 2.39 bits per heavy atom. The minimum absolute atomic E-state index is 0.140. The summed E-state index contributed by atoms with van der Waals surface area (Å²) in [6, 6.07) is 0.665. The van der Waals surface area contributed by atoms with Crippen LogP contribution in [0, 0.1) is 6.92 Å². The summed E-state index contributed by atoms with van der Waals surface area (Å²) >= 11 is 0. The molecule has 1 aromatic heterocycles. The lowest BCUT2D eigenvalue weighted by Gasteiger charge is -2.14. The van der Waals surface area contributed by atoms with Crippen LogP contribution in [0.5, 0.6) is 0 Å². The third kappa shape index (κ3) is 3.22. The van der Waals surface area contributed by atoms with Crippen LogP contribution in [-0.4, -0.2) is 29.7 Å². The number of carbonyl (C=O) groups excluding carboxylic acids is 2. The van der Waals surface area contributed by atoms with Crippen molar-refractivity contribution in [1.29, 1.82) is 0 Å². The quantitative estimate of drug-likeness (QED) is 0.724. The van der Waals surface area contributed by atoms with E-state index < -0.39 is 12.1 Å². The molecule has 1 fully saturated rings. The maximum absolute atomic E-state index is 11.7. The summed E-state index contributed by atoms with van der Waals surface area (Å²) in [7, 11) is 0. The monoisotopic (exact) mass is 252 g/mol. The summed E-state index contributed by atoms with van der Waals surface area (Å²) < 4.78 is 4.82. The third-order valence-electron chi connectivity index (χ3n) is 2.71. The van der Waals surface area contributed by atoms with Gasteiger partial charge in [-0.2, -0.15) is 0 Å². The van der Waals surface area contributed by atoms with Crippen LogP contribution in [0.4, 0.5) is 10.6 Å². The van der Waals surface area contributed by atoms with E-state index >= 15 is 0 Å². The first-order valence-corrected chi connectivity index (χ1v) is 5.94. The maximum atomic E-state index is 11.7. The molecule has 1 aliphatic rings. The lowest BCUT2D eigenvalue weighted by atomic mass is 10.1. The number of amides is 3. The summed E-state index contributed by atoms with van der Waals surface area (Å²) in [5.41, 5.74) is 0. The molecule has 1 aliphatic heterocycles. The van der Waals surface area contributed by atoms with Crippen molar-refractivity contribution in [3.63, 3.8) is 0 Å². The number of urea groups is 1. The standard InChI is InChI=1S/C11H16N4O3/c1-7-6-9(15-18-7)14-11(17)13-8-4-2-3-5-12-10(8)16/h6,8H,2-5H2,1H3,(H,12,16)(H2,13,14,15,17)/t8-/m1/s1. The second-order valence-corrected chi connectivity index (χ2v) is 4.26. The molecular weight excluding hydrogens is 236 g/mol. The third-order valence-corrected chi connectivity index (χ3v) is 2.71. The molecule has 0 aromatic carbocycles. The van der Waals surface area contributed by atoms with E-state index in [4.69, 9.17) is 4.52 Å². The Hall–Kier alpha value is -2.05. The minimum Gasteiger partial charge on any atom is -0.360 e. The normalized spacial score (nSPS) is 19.8. The highest BCUT2D eigenvalue weighted by Gasteiger charge is 2.22. The topological polar surface area (TPSA) is 96.3 Å². The van der Waals surface area contributed by atoms with E-state index in [1.54, 1.807) is 13.0 Å². The number of hydrogen-bond donors (Lipinski definition) is 3. The predicted molar refractivity (Wildman–Crippen MR) is 64.0 cm³/mol. The maximum Gasteiger partial charge on any atom is 0.321 e. The molecule has 3 N–H and O–H groups in total. The molecule has 98 valence electrons.